The van der Waals surface area contributed by atoms with E-state index in [1.807, 2.05) is 0 Å². The van der Waals surface area contributed by atoms with Crippen LogP contribution in [0.1, 0.15) is 12.8 Å². The molecule has 0 bridgehead atoms. The smallest absolute Gasteiger partial charge is 0.411 e. The summed E-state index contributed by atoms with van der Waals surface area (Å²) in [5.74, 6) is -1.18. The Balaban J connectivity index is 2.12. The Hall–Kier alpha value is -1.51. The SMILES string of the molecule is O=C(NCCOCC(F)(F)F)NC(C(=O)O)C1CC1. The number of alkyl halides is 3. The van der Waals surface area contributed by atoms with Crippen LogP contribution in [0.3, 0.4) is 0 Å². The number of hydrogen-bond donors (Lipinski definition) is 3. The largest absolute Gasteiger partial charge is 0.480 e. The van der Waals surface area contributed by atoms with Crippen LogP contribution in [0.4, 0.5) is 18.0 Å². The molecule has 1 unspecified atom stereocenters. The van der Waals surface area contributed by atoms with E-state index >= 15 is 0 Å². The standard InChI is InChI=1S/C10H15F3N2O4/c11-10(12,13)5-19-4-3-14-9(18)15-7(8(16)17)6-1-2-6/h6-7H,1-5H2,(H,16,17)(H2,14,15,18). The molecule has 0 aromatic rings. The molecule has 1 fully saturated rings. The summed E-state index contributed by atoms with van der Waals surface area (Å²) in [5, 5.41) is 13.3. The molecule has 6 nitrogen and oxygen atoms in total. The van der Waals surface area contributed by atoms with Gasteiger partial charge in [0.2, 0.25) is 0 Å². The zero-order valence-electron chi connectivity index (χ0n) is 10.00. The zero-order chi connectivity index (χ0) is 14.5. The summed E-state index contributed by atoms with van der Waals surface area (Å²) in [5.41, 5.74) is 0. The number of ether oxygens (including phenoxy) is 1. The molecule has 1 atom stereocenters. The first kappa shape index (κ1) is 15.5. The molecule has 0 aromatic heterocycles. The third-order valence-corrected chi connectivity index (χ3v) is 2.44. The van der Waals surface area contributed by atoms with Crippen LogP contribution >= 0.6 is 0 Å². The molecule has 0 heterocycles. The molecule has 0 spiro atoms. The fraction of sp³-hybridized carbons (Fsp3) is 0.800. The van der Waals surface area contributed by atoms with Gasteiger partial charge in [-0.05, 0) is 18.8 Å². The van der Waals surface area contributed by atoms with Gasteiger partial charge in [-0.1, -0.05) is 0 Å². The fourth-order valence-corrected chi connectivity index (χ4v) is 1.43. The Kier molecular flexibility index (Phi) is 5.40. The molecule has 0 radical (unpaired) electrons. The summed E-state index contributed by atoms with van der Waals surface area (Å²) >= 11 is 0. The number of carbonyl (C=O) groups is 2. The van der Waals surface area contributed by atoms with E-state index in [4.69, 9.17) is 5.11 Å². The maximum absolute atomic E-state index is 11.7. The van der Waals surface area contributed by atoms with E-state index in [2.05, 4.69) is 15.4 Å². The Bertz CT molecular complexity index is 331. The molecule has 3 N–H and O–H groups in total. The molecule has 9 heteroatoms. The first-order chi connectivity index (χ1) is 8.79. The number of amides is 2. The van der Waals surface area contributed by atoms with Gasteiger partial charge in [0.15, 0.2) is 0 Å². The summed E-state index contributed by atoms with van der Waals surface area (Å²) in [4.78, 5) is 22.1. The van der Waals surface area contributed by atoms with E-state index < -0.39 is 30.8 Å². The molecule has 2 amide bonds. The van der Waals surface area contributed by atoms with E-state index in [-0.39, 0.29) is 19.1 Å². The molecule has 19 heavy (non-hydrogen) atoms. The second kappa shape index (κ2) is 6.60. The molecule has 0 aliphatic heterocycles. The topological polar surface area (TPSA) is 87.7 Å². The predicted molar refractivity (Wildman–Crippen MR) is 57.6 cm³/mol. The van der Waals surface area contributed by atoms with Gasteiger partial charge >= 0.3 is 18.2 Å². The maximum atomic E-state index is 11.7. The van der Waals surface area contributed by atoms with Crippen LogP contribution < -0.4 is 10.6 Å². The van der Waals surface area contributed by atoms with Gasteiger partial charge in [0, 0.05) is 6.54 Å². The number of carboxylic acid groups (broad SMARTS) is 1. The summed E-state index contributed by atoms with van der Waals surface area (Å²) in [6, 6.07) is -1.67. The summed E-state index contributed by atoms with van der Waals surface area (Å²) in [6.45, 7) is -1.80. The molecule has 110 valence electrons. The van der Waals surface area contributed by atoms with Gasteiger partial charge in [-0.2, -0.15) is 13.2 Å². The first-order valence-electron chi connectivity index (χ1n) is 5.71. The van der Waals surface area contributed by atoms with E-state index in [0.29, 0.717) is 0 Å². The first-order valence-corrected chi connectivity index (χ1v) is 5.71. The number of aliphatic carboxylic acids is 1. The molecule has 0 saturated heterocycles. The van der Waals surface area contributed by atoms with Crippen molar-refractivity contribution in [3.8, 4) is 0 Å². The lowest BCUT2D eigenvalue weighted by molar-refractivity contribution is -0.173. The molecular weight excluding hydrogens is 269 g/mol. The third-order valence-electron chi connectivity index (χ3n) is 2.44. The monoisotopic (exact) mass is 284 g/mol. The highest BCUT2D eigenvalue weighted by Gasteiger charge is 2.37. The average molecular weight is 284 g/mol. The van der Waals surface area contributed by atoms with Crippen LogP contribution in [0, 0.1) is 5.92 Å². The Morgan fingerprint density at radius 1 is 1.37 bits per heavy atom. The van der Waals surface area contributed by atoms with Crippen LogP contribution in [0.5, 0.6) is 0 Å². The van der Waals surface area contributed by atoms with Crippen molar-refractivity contribution in [2.24, 2.45) is 5.92 Å². The highest BCUT2D eigenvalue weighted by molar-refractivity contribution is 5.83. The number of hydrogen-bond acceptors (Lipinski definition) is 3. The number of rotatable bonds is 7. The minimum Gasteiger partial charge on any atom is -0.480 e. The number of carboxylic acids is 1. The molecule has 1 saturated carbocycles. The lowest BCUT2D eigenvalue weighted by Crippen LogP contribution is -2.47. The van der Waals surface area contributed by atoms with Crippen molar-refractivity contribution >= 4 is 12.0 Å². The highest BCUT2D eigenvalue weighted by atomic mass is 19.4. The van der Waals surface area contributed by atoms with Gasteiger partial charge in [0.05, 0.1) is 6.61 Å². The van der Waals surface area contributed by atoms with Crippen molar-refractivity contribution < 1.29 is 32.6 Å². The van der Waals surface area contributed by atoms with Crippen LogP contribution in [0.25, 0.3) is 0 Å². The molecule has 1 aliphatic carbocycles. The van der Waals surface area contributed by atoms with Crippen LogP contribution in [0.15, 0.2) is 0 Å². The summed E-state index contributed by atoms with van der Waals surface area (Å²) in [7, 11) is 0. The predicted octanol–water partition coefficient (Wildman–Crippen LogP) is 0.728. The van der Waals surface area contributed by atoms with Crippen molar-refractivity contribution in [3.63, 3.8) is 0 Å². The average Bonchev–Trinajstić information content (AvgIpc) is 3.07. The molecular formula is C10H15F3N2O4. The van der Waals surface area contributed by atoms with Crippen LogP contribution in [-0.2, 0) is 9.53 Å². The number of nitrogens with one attached hydrogen (secondary N) is 2. The summed E-state index contributed by atoms with van der Waals surface area (Å²) in [6.07, 6.45) is -2.92. The number of urea groups is 1. The quantitative estimate of drug-likeness (QED) is 0.601. The van der Waals surface area contributed by atoms with Crippen LogP contribution in [-0.4, -0.2) is 49.1 Å². The normalized spacial score (nSPS) is 16.8. The molecule has 1 rings (SSSR count). The lowest BCUT2D eigenvalue weighted by atomic mass is 10.2. The Morgan fingerprint density at radius 2 is 2.00 bits per heavy atom. The van der Waals surface area contributed by atoms with Crippen molar-refractivity contribution in [2.75, 3.05) is 19.8 Å². The second-order valence-corrected chi connectivity index (χ2v) is 4.22. The number of halogens is 3. The molecule has 1 aliphatic rings. The second-order valence-electron chi connectivity index (χ2n) is 4.22. The number of carbonyl (C=O) groups excluding carboxylic acids is 1. The van der Waals surface area contributed by atoms with Gasteiger partial charge in [-0.25, -0.2) is 9.59 Å². The maximum Gasteiger partial charge on any atom is 0.411 e. The van der Waals surface area contributed by atoms with Gasteiger partial charge in [-0.15, -0.1) is 0 Å². The summed E-state index contributed by atoms with van der Waals surface area (Å²) < 4.78 is 39.4. The van der Waals surface area contributed by atoms with Crippen molar-refractivity contribution in [1.29, 1.82) is 0 Å². The zero-order valence-corrected chi connectivity index (χ0v) is 10.00. The van der Waals surface area contributed by atoms with Crippen LogP contribution in [0.2, 0.25) is 0 Å². The Morgan fingerprint density at radius 3 is 2.47 bits per heavy atom. The fourth-order valence-electron chi connectivity index (χ4n) is 1.43. The highest BCUT2D eigenvalue weighted by Crippen LogP contribution is 2.32. The minimum atomic E-state index is -4.40. The van der Waals surface area contributed by atoms with Gasteiger partial charge in [0.25, 0.3) is 0 Å². The van der Waals surface area contributed by atoms with Crippen molar-refractivity contribution in [2.45, 2.75) is 25.1 Å². The van der Waals surface area contributed by atoms with Crippen molar-refractivity contribution in [1.82, 2.24) is 10.6 Å². The van der Waals surface area contributed by atoms with Gasteiger partial charge in [0.1, 0.15) is 12.6 Å². The lowest BCUT2D eigenvalue weighted by Gasteiger charge is -2.14. The van der Waals surface area contributed by atoms with Crippen molar-refractivity contribution in [3.05, 3.63) is 0 Å². The van der Waals surface area contributed by atoms with Gasteiger partial charge < -0.3 is 20.5 Å². The van der Waals surface area contributed by atoms with E-state index in [9.17, 15) is 22.8 Å². The van der Waals surface area contributed by atoms with E-state index in [1.54, 1.807) is 0 Å². The van der Waals surface area contributed by atoms with E-state index in [1.165, 1.54) is 0 Å². The minimum absolute atomic E-state index is 0.0651. The third kappa shape index (κ3) is 6.85. The van der Waals surface area contributed by atoms with E-state index in [0.717, 1.165) is 12.8 Å². The van der Waals surface area contributed by atoms with Gasteiger partial charge in [-0.3, -0.25) is 0 Å². The Labute approximate surface area is 107 Å². The molecule has 0 aromatic carbocycles.